The molecular formula is C22H44N6O4. The SMILES string of the molecule is CCCCCCCCCCC(=O)N[C@@H](CCCN=C(N)N[N+](=O)[O-])C(=O)NCCC(C)C. The van der Waals surface area contributed by atoms with Crippen LogP contribution in [0.5, 0.6) is 0 Å². The Labute approximate surface area is 192 Å². The Morgan fingerprint density at radius 3 is 2.22 bits per heavy atom. The van der Waals surface area contributed by atoms with Crippen LogP contribution in [0.1, 0.15) is 97.8 Å². The first kappa shape index (κ1) is 29.6. The second kappa shape index (κ2) is 19.3. The summed E-state index contributed by atoms with van der Waals surface area (Å²) in [6.45, 7) is 7.13. The predicted octanol–water partition coefficient (Wildman–Crippen LogP) is 3.04. The number of nitrogens with zero attached hydrogens (tertiary/aromatic N) is 2. The highest BCUT2D eigenvalue weighted by Crippen LogP contribution is 2.10. The molecule has 32 heavy (non-hydrogen) atoms. The number of unbranched alkanes of at least 4 members (excludes halogenated alkanes) is 7. The van der Waals surface area contributed by atoms with E-state index in [0.717, 1.165) is 25.7 Å². The van der Waals surface area contributed by atoms with Crippen LogP contribution in [0.25, 0.3) is 0 Å². The van der Waals surface area contributed by atoms with Crippen LogP contribution in [-0.2, 0) is 9.59 Å². The highest BCUT2D eigenvalue weighted by molar-refractivity contribution is 5.87. The Morgan fingerprint density at radius 2 is 1.62 bits per heavy atom. The number of rotatable bonds is 19. The van der Waals surface area contributed by atoms with Crippen LogP contribution in [0.3, 0.4) is 0 Å². The van der Waals surface area contributed by atoms with E-state index in [-0.39, 0.29) is 24.3 Å². The summed E-state index contributed by atoms with van der Waals surface area (Å²) in [6.07, 6.45) is 11.3. The van der Waals surface area contributed by atoms with Crippen molar-refractivity contribution in [1.82, 2.24) is 16.1 Å². The van der Waals surface area contributed by atoms with E-state index in [4.69, 9.17) is 5.73 Å². The fourth-order valence-electron chi connectivity index (χ4n) is 3.19. The smallest absolute Gasteiger partial charge is 0.251 e. The van der Waals surface area contributed by atoms with E-state index in [9.17, 15) is 19.7 Å². The van der Waals surface area contributed by atoms with Crippen molar-refractivity contribution in [3.05, 3.63) is 10.1 Å². The van der Waals surface area contributed by atoms with Crippen molar-refractivity contribution in [1.29, 1.82) is 0 Å². The first-order valence-corrected chi connectivity index (χ1v) is 12.0. The molecule has 0 aliphatic heterocycles. The van der Waals surface area contributed by atoms with E-state index >= 15 is 0 Å². The number of aliphatic imine (C=N–C) groups is 1. The molecule has 0 aromatic carbocycles. The van der Waals surface area contributed by atoms with Gasteiger partial charge in [-0.3, -0.25) is 9.59 Å². The number of nitrogens with two attached hydrogens (primary N) is 1. The minimum Gasteiger partial charge on any atom is -0.365 e. The molecule has 0 aromatic heterocycles. The maximum Gasteiger partial charge on any atom is 0.251 e. The number of carbonyl (C=O) groups excluding carboxylic acids is 2. The van der Waals surface area contributed by atoms with Gasteiger partial charge in [0.1, 0.15) is 6.04 Å². The van der Waals surface area contributed by atoms with Crippen molar-refractivity contribution < 1.29 is 14.6 Å². The zero-order valence-corrected chi connectivity index (χ0v) is 20.2. The van der Waals surface area contributed by atoms with Crippen LogP contribution in [0.15, 0.2) is 4.99 Å². The molecule has 0 saturated carbocycles. The number of carbonyl (C=O) groups is 2. The van der Waals surface area contributed by atoms with Crippen molar-refractivity contribution in [2.75, 3.05) is 13.1 Å². The van der Waals surface area contributed by atoms with E-state index < -0.39 is 11.1 Å². The molecule has 0 bridgehead atoms. The lowest BCUT2D eigenvalue weighted by Gasteiger charge is -2.19. The van der Waals surface area contributed by atoms with Gasteiger partial charge in [0.05, 0.1) is 0 Å². The van der Waals surface area contributed by atoms with Crippen LogP contribution in [0.4, 0.5) is 0 Å². The average Bonchev–Trinajstić information content (AvgIpc) is 2.71. The lowest BCUT2D eigenvalue weighted by molar-refractivity contribution is -0.525. The molecule has 0 spiro atoms. The van der Waals surface area contributed by atoms with Crippen LogP contribution in [0.2, 0.25) is 0 Å². The Hall–Kier alpha value is -2.39. The third kappa shape index (κ3) is 18.4. The molecule has 1 atom stereocenters. The Kier molecular flexibility index (Phi) is 17.9. The monoisotopic (exact) mass is 456 g/mol. The quantitative estimate of drug-likeness (QED) is 0.0770. The Balaban J connectivity index is 4.42. The molecule has 0 unspecified atom stereocenters. The van der Waals surface area contributed by atoms with Crippen molar-refractivity contribution in [3.63, 3.8) is 0 Å². The van der Waals surface area contributed by atoms with Crippen molar-refractivity contribution in [3.8, 4) is 0 Å². The molecule has 5 N–H and O–H groups in total. The normalized spacial score (nSPS) is 12.4. The van der Waals surface area contributed by atoms with E-state index in [0.29, 0.717) is 31.7 Å². The highest BCUT2D eigenvalue weighted by Gasteiger charge is 2.20. The lowest BCUT2D eigenvalue weighted by atomic mass is 10.1. The average molecular weight is 457 g/mol. The summed E-state index contributed by atoms with van der Waals surface area (Å²) in [6, 6.07) is -0.649. The fraction of sp³-hybridized carbons (Fsp3) is 0.864. The van der Waals surface area contributed by atoms with Gasteiger partial charge >= 0.3 is 0 Å². The topological polar surface area (TPSA) is 152 Å². The number of nitro groups is 1. The van der Waals surface area contributed by atoms with Gasteiger partial charge in [0.25, 0.3) is 5.96 Å². The van der Waals surface area contributed by atoms with Gasteiger partial charge in [0.15, 0.2) is 5.03 Å². The maximum absolute atomic E-state index is 12.5. The maximum atomic E-state index is 12.5. The summed E-state index contributed by atoms with van der Waals surface area (Å²) < 4.78 is 0. The van der Waals surface area contributed by atoms with Gasteiger partial charge in [0.2, 0.25) is 11.8 Å². The number of guanidine groups is 1. The lowest BCUT2D eigenvalue weighted by Crippen LogP contribution is -2.47. The van der Waals surface area contributed by atoms with E-state index in [1.807, 2.05) is 0 Å². The van der Waals surface area contributed by atoms with Crippen LogP contribution >= 0.6 is 0 Å². The number of amides is 2. The number of hydrazine groups is 1. The summed E-state index contributed by atoms with van der Waals surface area (Å²) in [5, 5.41) is 15.3. The van der Waals surface area contributed by atoms with Crippen LogP contribution < -0.4 is 21.8 Å². The number of hydrogen-bond donors (Lipinski definition) is 4. The first-order chi connectivity index (χ1) is 15.3. The summed E-state index contributed by atoms with van der Waals surface area (Å²) in [7, 11) is 0. The van der Waals surface area contributed by atoms with Gasteiger partial charge < -0.3 is 16.4 Å². The minimum absolute atomic E-state index is 0.127. The van der Waals surface area contributed by atoms with E-state index in [1.165, 1.54) is 32.1 Å². The zero-order chi connectivity index (χ0) is 24.2. The highest BCUT2D eigenvalue weighted by atomic mass is 16.7. The molecule has 10 nitrogen and oxygen atoms in total. The minimum atomic E-state index is -0.783. The molecule has 186 valence electrons. The van der Waals surface area contributed by atoms with Gasteiger partial charge in [-0.25, -0.2) is 15.1 Å². The molecule has 0 aliphatic rings. The molecular weight excluding hydrogens is 412 g/mol. The summed E-state index contributed by atoms with van der Waals surface area (Å²) in [4.78, 5) is 39.1. The van der Waals surface area contributed by atoms with Crippen molar-refractivity contribution in [2.24, 2.45) is 16.6 Å². The van der Waals surface area contributed by atoms with Crippen LogP contribution in [-0.4, -0.2) is 41.9 Å². The standard InChI is InChI=1S/C22H44N6O4/c1-4-5-6-7-8-9-10-11-14-20(29)26-19(21(30)24-17-15-18(2)3)13-12-16-25-22(23)27-28(31)32/h18-19H,4-17H2,1-3H3,(H,24,30)(H,26,29)(H3,23,25,27)/t19-/m0/s1. The third-order valence-electron chi connectivity index (χ3n) is 5.07. The molecule has 0 aromatic rings. The number of hydrogen-bond acceptors (Lipinski definition) is 5. The van der Waals surface area contributed by atoms with Gasteiger partial charge in [-0.15, -0.1) is 0 Å². The van der Waals surface area contributed by atoms with Crippen molar-refractivity contribution >= 4 is 17.8 Å². The summed E-state index contributed by atoms with van der Waals surface area (Å²) in [5.41, 5.74) is 7.16. The molecule has 0 saturated heterocycles. The molecule has 0 rings (SSSR count). The van der Waals surface area contributed by atoms with Crippen molar-refractivity contribution in [2.45, 2.75) is 104 Å². The zero-order valence-electron chi connectivity index (χ0n) is 20.2. The largest absolute Gasteiger partial charge is 0.365 e. The second-order valence-corrected chi connectivity index (χ2v) is 8.60. The molecule has 0 aliphatic carbocycles. The van der Waals surface area contributed by atoms with Crippen LogP contribution in [0, 0.1) is 16.0 Å². The fourth-order valence-corrected chi connectivity index (χ4v) is 3.19. The molecule has 0 heterocycles. The van der Waals surface area contributed by atoms with Gasteiger partial charge in [-0.05, 0) is 31.6 Å². The molecule has 10 heteroatoms. The second-order valence-electron chi connectivity index (χ2n) is 8.60. The Bertz CT molecular complexity index is 569. The molecule has 0 fully saturated rings. The number of nitrogens with one attached hydrogen (secondary N) is 3. The first-order valence-electron chi connectivity index (χ1n) is 12.0. The van der Waals surface area contributed by atoms with Gasteiger partial charge in [-0.1, -0.05) is 71.1 Å². The molecule has 2 amide bonds. The Morgan fingerprint density at radius 1 is 1.00 bits per heavy atom. The molecule has 0 radical (unpaired) electrons. The predicted molar refractivity (Wildman–Crippen MR) is 127 cm³/mol. The van der Waals surface area contributed by atoms with Gasteiger partial charge in [0, 0.05) is 19.5 Å². The van der Waals surface area contributed by atoms with E-state index in [2.05, 4.69) is 36.4 Å². The summed E-state index contributed by atoms with van der Waals surface area (Å²) >= 11 is 0. The van der Waals surface area contributed by atoms with Gasteiger partial charge in [-0.2, -0.15) is 0 Å². The summed E-state index contributed by atoms with van der Waals surface area (Å²) in [5.74, 6) is -0.156. The van der Waals surface area contributed by atoms with E-state index in [1.54, 1.807) is 5.43 Å². The third-order valence-corrected chi connectivity index (χ3v) is 5.07.